The Bertz CT molecular complexity index is 2050. The van der Waals surface area contributed by atoms with Crippen molar-refractivity contribution < 1.29 is 69.4 Å². The van der Waals surface area contributed by atoms with Crippen molar-refractivity contribution in [2.45, 2.75) is 86.3 Å². The number of aliphatic carboxylic acids is 1. The van der Waals surface area contributed by atoms with Gasteiger partial charge >= 0.3 is 5.97 Å². The van der Waals surface area contributed by atoms with Crippen molar-refractivity contribution >= 4 is 17.6 Å². The predicted molar refractivity (Wildman–Crippen MR) is 203 cm³/mol. The first-order valence-corrected chi connectivity index (χ1v) is 19.1. The number of para-hydroxylation sites is 1. The molecule has 7 rings (SSSR count). The average Bonchev–Trinajstić information content (AvgIpc) is 3.22. The molecule has 3 aliphatic rings. The van der Waals surface area contributed by atoms with E-state index in [0.29, 0.717) is 27.9 Å². The number of hydrogen-bond acceptors (Lipinski definition) is 12. The zero-order chi connectivity index (χ0) is 41.4. The van der Waals surface area contributed by atoms with E-state index in [2.05, 4.69) is 0 Å². The van der Waals surface area contributed by atoms with Gasteiger partial charge in [0.1, 0.15) is 36.0 Å². The molecule has 0 radical (unpaired) electrons. The van der Waals surface area contributed by atoms with E-state index in [0.717, 1.165) is 5.56 Å². The minimum Gasteiger partial charge on any atom is -0.508 e. The average molecular weight is 804 g/mol. The number of ether oxygens (including phenoxy) is 2. The van der Waals surface area contributed by atoms with Crippen LogP contribution in [0.1, 0.15) is 54.0 Å². The monoisotopic (exact) mass is 803 g/mol. The number of hydrogen-bond donors (Lipinski definition) is 9. The molecule has 9 N–H and O–H groups in total. The normalized spacial score (nSPS) is 31.7. The van der Waals surface area contributed by atoms with Crippen LogP contribution in [-0.4, -0.2) is 113 Å². The van der Waals surface area contributed by atoms with E-state index < -0.39 is 90.7 Å². The lowest BCUT2D eigenvalue weighted by atomic mass is 9.73. The quantitative estimate of drug-likeness (QED) is 0.0938. The Morgan fingerprint density at radius 1 is 0.810 bits per heavy atom. The zero-order valence-corrected chi connectivity index (χ0v) is 31.1. The lowest BCUT2D eigenvalue weighted by molar-refractivity contribution is -0.306. The van der Waals surface area contributed by atoms with Crippen LogP contribution in [0.3, 0.4) is 0 Å². The number of amides is 1. The summed E-state index contributed by atoms with van der Waals surface area (Å²) >= 11 is 0. The SMILES string of the molecule is O=C(O)C1O[C@@H](O[C@@H](CC[C@H]2C(=O)N(c3ccccc3)[C@@H]2c2ccc(-c3ccc(C4C[C@H](CO)[C@@H](O)[C@H](O)[C@H]4O)cc3)cc2O)c2ccc(F)cc2)C(O)[C@@H](O)[C@H]1O. The van der Waals surface area contributed by atoms with Gasteiger partial charge in [-0.2, -0.15) is 0 Å². The Hall–Kier alpha value is -4.81. The van der Waals surface area contributed by atoms with Gasteiger partial charge in [0.15, 0.2) is 12.4 Å². The number of halogens is 1. The first-order valence-electron chi connectivity index (χ1n) is 19.1. The third-order valence-corrected chi connectivity index (χ3v) is 11.7. The number of nitrogens with zero attached hydrogens (tertiary/aromatic N) is 1. The highest BCUT2D eigenvalue weighted by Gasteiger charge is 2.51. The minimum atomic E-state index is -1.94. The number of phenolic OH excluding ortho intramolecular Hbond substituents is 1. The van der Waals surface area contributed by atoms with Crippen LogP contribution in [0.5, 0.6) is 5.75 Å². The Morgan fingerprint density at radius 2 is 1.47 bits per heavy atom. The Morgan fingerprint density at radius 3 is 2.10 bits per heavy atom. The lowest BCUT2D eigenvalue weighted by Crippen LogP contribution is -2.60. The molecule has 15 heteroatoms. The predicted octanol–water partition coefficient (Wildman–Crippen LogP) is 2.51. The molecule has 2 heterocycles. The molecular formula is C43H46FNO13. The second-order valence-corrected chi connectivity index (χ2v) is 15.2. The molecule has 308 valence electrons. The zero-order valence-electron chi connectivity index (χ0n) is 31.1. The molecule has 3 fully saturated rings. The van der Waals surface area contributed by atoms with Gasteiger partial charge < -0.3 is 60.3 Å². The van der Waals surface area contributed by atoms with Gasteiger partial charge in [0.05, 0.1) is 30.3 Å². The highest BCUT2D eigenvalue weighted by Crippen LogP contribution is 2.49. The summed E-state index contributed by atoms with van der Waals surface area (Å²) in [5.74, 6) is -4.30. The highest BCUT2D eigenvalue weighted by atomic mass is 19.1. The van der Waals surface area contributed by atoms with Gasteiger partial charge in [0.25, 0.3) is 0 Å². The van der Waals surface area contributed by atoms with Gasteiger partial charge in [-0.05, 0) is 71.8 Å². The number of anilines is 1. The number of benzene rings is 4. The van der Waals surface area contributed by atoms with Gasteiger partial charge in [0.2, 0.25) is 5.91 Å². The van der Waals surface area contributed by atoms with E-state index in [1.807, 2.05) is 0 Å². The molecule has 4 aromatic rings. The molecule has 0 aromatic heterocycles. The summed E-state index contributed by atoms with van der Waals surface area (Å²) in [5.41, 5.74) is 3.54. The summed E-state index contributed by atoms with van der Waals surface area (Å²) in [6, 6.07) is 25.8. The number of aromatic hydroxyl groups is 1. The van der Waals surface area contributed by atoms with E-state index >= 15 is 0 Å². The number of carboxylic acid groups (broad SMARTS) is 1. The van der Waals surface area contributed by atoms with E-state index in [1.165, 1.54) is 24.3 Å². The van der Waals surface area contributed by atoms with Crippen molar-refractivity contribution in [3.8, 4) is 16.9 Å². The van der Waals surface area contributed by atoms with E-state index in [4.69, 9.17) is 9.47 Å². The third kappa shape index (κ3) is 7.97. The molecule has 1 saturated carbocycles. The largest absolute Gasteiger partial charge is 0.508 e. The maximum atomic E-state index is 14.0. The van der Waals surface area contributed by atoms with Crippen molar-refractivity contribution in [1.29, 1.82) is 0 Å². The van der Waals surface area contributed by atoms with E-state index in [1.54, 1.807) is 77.7 Å². The molecule has 14 nitrogen and oxygen atoms in total. The first-order chi connectivity index (χ1) is 27.8. The lowest BCUT2D eigenvalue weighted by Gasteiger charge is -2.48. The van der Waals surface area contributed by atoms with Gasteiger partial charge in [-0.3, -0.25) is 4.79 Å². The molecule has 13 atom stereocenters. The van der Waals surface area contributed by atoms with Crippen LogP contribution in [0, 0.1) is 17.7 Å². The minimum absolute atomic E-state index is 0.0695. The van der Waals surface area contributed by atoms with E-state index in [-0.39, 0.29) is 37.5 Å². The van der Waals surface area contributed by atoms with Crippen LogP contribution < -0.4 is 4.90 Å². The van der Waals surface area contributed by atoms with Crippen molar-refractivity contribution in [3.05, 3.63) is 120 Å². The first kappa shape index (κ1) is 41.4. The maximum absolute atomic E-state index is 14.0. The fourth-order valence-electron chi connectivity index (χ4n) is 8.45. The molecule has 1 amide bonds. The Kier molecular flexibility index (Phi) is 12.3. The van der Waals surface area contributed by atoms with Crippen LogP contribution in [0.4, 0.5) is 10.1 Å². The van der Waals surface area contributed by atoms with Crippen LogP contribution in [0.2, 0.25) is 0 Å². The Labute approximate surface area is 332 Å². The van der Waals surface area contributed by atoms with Crippen molar-refractivity contribution in [2.75, 3.05) is 11.5 Å². The topological polar surface area (TPSA) is 238 Å². The molecule has 4 aromatic carbocycles. The maximum Gasteiger partial charge on any atom is 0.335 e. The number of carbonyl (C=O) groups is 2. The number of rotatable bonds is 12. The second kappa shape index (κ2) is 17.2. The summed E-state index contributed by atoms with van der Waals surface area (Å²) in [7, 11) is 0. The summed E-state index contributed by atoms with van der Waals surface area (Å²) in [6.07, 6.45) is -13.7. The standard InChI is InChI=1S/C43H46FNO13/c44-26-13-10-23(11-14-26)32(57-43-39(53)37(51)38(52)40(58-43)42(55)56)17-16-29-33(45(41(29)54)27-4-2-1-3-5-27)28-15-12-24(19-31(28)47)21-6-8-22(9-7-21)30-18-25(20-46)34(48)36(50)35(30)49/h1-15,19,25,29-30,32-40,43,46-53H,16-18,20H2,(H,55,56)/t25-,29-,30?,32+,33-,34-,35+,36+,37+,38-,39?,40?,43-/m1/s1. The van der Waals surface area contributed by atoms with Gasteiger partial charge in [-0.1, -0.05) is 66.7 Å². The van der Waals surface area contributed by atoms with E-state index in [9.17, 15) is 59.9 Å². The number of carboxylic acids is 1. The van der Waals surface area contributed by atoms with Crippen LogP contribution in [-0.2, 0) is 19.1 Å². The van der Waals surface area contributed by atoms with Crippen molar-refractivity contribution in [1.82, 2.24) is 0 Å². The molecule has 3 unspecified atom stereocenters. The summed E-state index contributed by atoms with van der Waals surface area (Å²) in [6.45, 7) is -0.339. The van der Waals surface area contributed by atoms with Gasteiger partial charge in [-0.25, -0.2) is 9.18 Å². The number of aliphatic hydroxyl groups is 7. The second-order valence-electron chi connectivity index (χ2n) is 15.2. The summed E-state index contributed by atoms with van der Waals surface area (Å²) in [5, 5.41) is 93.4. The van der Waals surface area contributed by atoms with Crippen LogP contribution >= 0.6 is 0 Å². The molecule has 58 heavy (non-hydrogen) atoms. The smallest absolute Gasteiger partial charge is 0.335 e. The number of β-lactam (4-membered cyclic amide) rings is 1. The summed E-state index contributed by atoms with van der Waals surface area (Å²) < 4.78 is 25.4. The Balaban J connectivity index is 1.14. The fraction of sp³-hybridized carbons (Fsp3) is 0.395. The molecule has 1 aliphatic carbocycles. The molecule has 2 aliphatic heterocycles. The van der Waals surface area contributed by atoms with Crippen molar-refractivity contribution in [3.63, 3.8) is 0 Å². The molecular weight excluding hydrogens is 757 g/mol. The van der Waals surface area contributed by atoms with Crippen molar-refractivity contribution in [2.24, 2.45) is 11.8 Å². The highest BCUT2D eigenvalue weighted by molar-refractivity contribution is 6.03. The van der Waals surface area contributed by atoms with Crippen LogP contribution in [0.25, 0.3) is 11.1 Å². The number of carbonyl (C=O) groups excluding carboxylic acids is 1. The van der Waals surface area contributed by atoms with Crippen LogP contribution in [0.15, 0.2) is 97.1 Å². The number of aliphatic hydroxyl groups excluding tert-OH is 7. The van der Waals surface area contributed by atoms with Gasteiger partial charge in [-0.15, -0.1) is 0 Å². The molecule has 2 saturated heterocycles. The van der Waals surface area contributed by atoms with Gasteiger partial charge in [0, 0.05) is 29.7 Å². The summed E-state index contributed by atoms with van der Waals surface area (Å²) in [4.78, 5) is 27.3. The number of phenols is 1. The fourth-order valence-corrected chi connectivity index (χ4v) is 8.45. The molecule has 0 bridgehead atoms. The third-order valence-electron chi connectivity index (χ3n) is 11.7. The molecule has 0 spiro atoms.